The predicted octanol–water partition coefficient (Wildman–Crippen LogP) is 4.34. The molecule has 126 valence electrons. The Hall–Kier alpha value is -3.21. The number of amides is 1. The summed E-state index contributed by atoms with van der Waals surface area (Å²) in [5.41, 5.74) is 4.46. The average Bonchev–Trinajstić information content (AvgIpc) is 2.64. The molecule has 5 heteroatoms. The smallest absolute Gasteiger partial charge is 0.258 e. The van der Waals surface area contributed by atoms with Gasteiger partial charge in [-0.1, -0.05) is 42.8 Å². The van der Waals surface area contributed by atoms with Crippen molar-refractivity contribution >= 4 is 23.2 Å². The summed E-state index contributed by atoms with van der Waals surface area (Å²) in [4.78, 5) is 20.7. The van der Waals surface area contributed by atoms with Gasteiger partial charge in [-0.2, -0.15) is 0 Å². The Bertz CT molecular complexity index is 858. The van der Waals surface area contributed by atoms with Crippen LogP contribution >= 0.6 is 0 Å². The highest BCUT2D eigenvalue weighted by atomic mass is 16.1. The van der Waals surface area contributed by atoms with Crippen molar-refractivity contribution in [2.24, 2.45) is 0 Å². The second-order valence-electron chi connectivity index (χ2n) is 5.75. The zero-order valence-electron chi connectivity index (χ0n) is 14.3. The van der Waals surface area contributed by atoms with Crippen LogP contribution in [-0.4, -0.2) is 15.9 Å². The molecule has 0 atom stereocenters. The molecule has 0 saturated heterocycles. The van der Waals surface area contributed by atoms with E-state index in [0.717, 1.165) is 23.4 Å². The molecule has 0 radical (unpaired) electrons. The highest BCUT2D eigenvalue weighted by molar-refractivity contribution is 6.03. The fraction of sp³-hybridized carbons (Fsp3) is 0.150. The standard InChI is InChI=1S/C20H20N4O/c1-3-15-6-4-5-7-18(15)24-20-21-12-16(13-22-20)19(25)23-17-10-8-14(2)9-11-17/h4-13H,3H2,1-2H3,(H,23,25)(H,21,22,24). The van der Waals surface area contributed by atoms with E-state index in [1.54, 1.807) is 0 Å². The van der Waals surface area contributed by atoms with Gasteiger partial charge >= 0.3 is 0 Å². The lowest BCUT2D eigenvalue weighted by atomic mass is 10.1. The van der Waals surface area contributed by atoms with Gasteiger partial charge in [0.1, 0.15) is 0 Å². The first-order chi connectivity index (χ1) is 12.2. The molecule has 3 aromatic rings. The average molecular weight is 332 g/mol. The topological polar surface area (TPSA) is 66.9 Å². The molecule has 0 saturated carbocycles. The Labute approximate surface area is 147 Å². The molecule has 0 unspecified atom stereocenters. The Morgan fingerprint density at radius 2 is 1.68 bits per heavy atom. The number of nitrogens with zero attached hydrogens (tertiary/aromatic N) is 2. The van der Waals surface area contributed by atoms with Crippen molar-refractivity contribution in [1.29, 1.82) is 0 Å². The third kappa shape index (κ3) is 4.20. The summed E-state index contributed by atoms with van der Waals surface area (Å²) in [7, 11) is 0. The first-order valence-corrected chi connectivity index (χ1v) is 8.20. The van der Waals surface area contributed by atoms with E-state index in [4.69, 9.17) is 0 Å². The van der Waals surface area contributed by atoms with Crippen LogP contribution in [0.5, 0.6) is 0 Å². The van der Waals surface area contributed by atoms with Gasteiger partial charge in [0, 0.05) is 23.8 Å². The van der Waals surface area contributed by atoms with Crippen LogP contribution in [0.15, 0.2) is 60.9 Å². The molecule has 2 N–H and O–H groups in total. The van der Waals surface area contributed by atoms with E-state index in [-0.39, 0.29) is 5.91 Å². The number of benzene rings is 2. The number of aryl methyl sites for hydroxylation is 2. The van der Waals surface area contributed by atoms with Crippen LogP contribution in [-0.2, 0) is 6.42 Å². The number of aromatic nitrogens is 2. The number of nitrogens with one attached hydrogen (secondary N) is 2. The number of carbonyl (C=O) groups excluding carboxylic acids is 1. The summed E-state index contributed by atoms with van der Waals surface area (Å²) in [6.45, 7) is 4.10. The van der Waals surface area contributed by atoms with E-state index in [1.165, 1.54) is 18.0 Å². The minimum absolute atomic E-state index is 0.232. The van der Waals surface area contributed by atoms with Crippen LogP contribution < -0.4 is 10.6 Å². The maximum atomic E-state index is 12.3. The van der Waals surface area contributed by atoms with E-state index in [0.29, 0.717) is 11.5 Å². The molecule has 1 amide bonds. The van der Waals surface area contributed by atoms with Gasteiger partial charge in [-0.15, -0.1) is 0 Å². The molecule has 1 heterocycles. The molecule has 3 rings (SSSR count). The van der Waals surface area contributed by atoms with Crippen LogP contribution in [0.2, 0.25) is 0 Å². The van der Waals surface area contributed by atoms with Crippen molar-refractivity contribution in [2.45, 2.75) is 20.3 Å². The lowest BCUT2D eigenvalue weighted by Gasteiger charge is -2.10. The van der Waals surface area contributed by atoms with E-state index in [1.807, 2.05) is 49.4 Å². The molecular formula is C20H20N4O. The third-order valence-corrected chi connectivity index (χ3v) is 3.87. The molecular weight excluding hydrogens is 312 g/mol. The normalized spacial score (nSPS) is 10.3. The highest BCUT2D eigenvalue weighted by Gasteiger charge is 2.08. The summed E-state index contributed by atoms with van der Waals surface area (Å²) in [5, 5.41) is 6.03. The third-order valence-electron chi connectivity index (χ3n) is 3.87. The van der Waals surface area contributed by atoms with Crippen molar-refractivity contribution in [3.63, 3.8) is 0 Å². The van der Waals surface area contributed by atoms with Crippen molar-refractivity contribution < 1.29 is 4.79 Å². The molecule has 1 aromatic heterocycles. The highest BCUT2D eigenvalue weighted by Crippen LogP contribution is 2.19. The minimum atomic E-state index is -0.232. The van der Waals surface area contributed by atoms with Gasteiger partial charge in [0.15, 0.2) is 0 Å². The van der Waals surface area contributed by atoms with E-state index in [2.05, 4.69) is 33.6 Å². The van der Waals surface area contributed by atoms with Crippen molar-refractivity contribution in [3.05, 3.63) is 77.6 Å². The van der Waals surface area contributed by atoms with Gasteiger partial charge in [-0.25, -0.2) is 9.97 Å². The maximum absolute atomic E-state index is 12.3. The molecule has 0 aliphatic rings. The molecule has 5 nitrogen and oxygen atoms in total. The van der Waals surface area contributed by atoms with Gasteiger partial charge in [0.05, 0.1) is 5.56 Å². The monoisotopic (exact) mass is 332 g/mol. The molecule has 0 bridgehead atoms. The largest absolute Gasteiger partial charge is 0.324 e. The Kier molecular flexibility index (Phi) is 5.04. The van der Waals surface area contributed by atoms with Crippen molar-refractivity contribution in [3.8, 4) is 0 Å². The predicted molar refractivity (Wildman–Crippen MR) is 100 cm³/mol. The quantitative estimate of drug-likeness (QED) is 0.729. The van der Waals surface area contributed by atoms with Crippen molar-refractivity contribution in [1.82, 2.24) is 9.97 Å². The summed E-state index contributed by atoms with van der Waals surface area (Å²) >= 11 is 0. The van der Waals surface area contributed by atoms with Gasteiger partial charge in [0.25, 0.3) is 5.91 Å². The Balaban J connectivity index is 1.69. The number of carbonyl (C=O) groups is 1. The van der Waals surface area contributed by atoms with Crippen LogP contribution in [0, 0.1) is 6.92 Å². The SMILES string of the molecule is CCc1ccccc1Nc1ncc(C(=O)Nc2ccc(C)cc2)cn1. The maximum Gasteiger partial charge on any atom is 0.258 e. The van der Waals surface area contributed by atoms with Gasteiger partial charge in [-0.3, -0.25) is 4.79 Å². The van der Waals surface area contributed by atoms with Gasteiger partial charge < -0.3 is 10.6 Å². The molecule has 2 aromatic carbocycles. The van der Waals surface area contributed by atoms with Crippen molar-refractivity contribution in [2.75, 3.05) is 10.6 Å². The Morgan fingerprint density at radius 3 is 2.36 bits per heavy atom. The number of hydrogen-bond acceptors (Lipinski definition) is 4. The van der Waals surface area contributed by atoms with Crippen LogP contribution in [0.4, 0.5) is 17.3 Å². The van der Waals surface area contributed by atoms with E-state index >= 15 is 0 Å². The summed E-state index contributed by atoms with van der Waals surface area (Å²) in [6.07, 6.45) is 3.96. The first-order valence-electron chi connectivity index (χ1n) is 8.20. The van der Waals surface area contributed by atoms with Crippen LogP contribution in [0.25, 0.3) is 0 Å². The van der Waals surface area contributed by atoms with Crippen LogP contribution in [0.1, 0.15) is 28.4 Å². The zero-order valence-corrected chi connectivity index (χ0v) is 14.3. The fourth-order valence-electron chi connectivity index (χ4n) is 2.42. The first kappa shape index (κ1) is 16.6. The number of hydrogen-bond donors (Lipinski definition) is 2. The summed E-state index contributed by atoms with van der Waals surface area (Å²) in [6, 6.07) is 15.6. The lowest BCUT2D eigenvalue weighted by Crippen LogP contribution is -2.13. The molecule has 0 fully saturated rings. The zero-order chi connectivity index (χ0) is 17.6. The molecule has 0 aliphatic carbocycles. The molecule has 0 aliphatic heterocycles. The molecule has 25 heavy (non-hydrogen) atoms. The van der Waals surface area contributed by atoms with E-state index < -0.39 is 0 Å². The lowest BCUT2D eigenvalue weighted by molar-refractivity contribution is 0.102. The van der Waals surface area contributed by atoms with Gasteiger partial charge in [-0.05, 0) is 37.1 Å². The van der Waals surface area contributed by atoms with E-state index in [9.17, 15) is 4.79 Å². The summed E-state index contributed by atoms with van der Waals surface area (Å²) < 4.78 is 0. The molecule has 0 spiro atoms. The number of anilines is 3. The number of para-hydroxylation sites is 1. The van der Waals surface area contributed by atoms with Crippen LogP contribution in [0.3, 0.4) is 0 Å². The minimum Gasteiger partial charge on any atom is -0.324 e. The summed E-state index contributed by atoms with van der Waals surface area (Å²) in [5.74, 6) is 0.233. The second kappa shape index (κ2) is 7.57. The van der Waals surface area contributed by atoms with Gasteiger partial charge in [0.2, 0.25) is 5.95 Å². The Morgan fingerprint density at radius 1 is 1.00 bits per heavy atom. The second-order valence-corrected chi connectivity index (χ2v) is 5.75. The fourth-order valence-corrected chi connectivity index (χ4v) is 2.42. The number of rotatable bonds is 5.